The van der Waals surface area contributed by atoms with E-state index in [9.17, 15) is 4.57 Å². The van der Waals surface area contributed by atoms with Crippen LogP contribution in [0, 0.1) is 0 Å². The van der Waals surface area contributed by atoms with Crippen LogP contribution in [0.3, 0.4) is 0 Å². The molecule has 0 atom stereocenters. The van der Waals surface area contributed by atoms with Gasteiger partial charge in [0.15, 0.2) is 0 Å². The van der Waals surface area contributed by atoms with Gasteiger partial charge in [0.05, 0.1) is 45.7 Å². The van der Waals surface area contributed by atoms with Crippen molar-refractivity contribution in [3.05, 3.63) is 0 Å². The second-order valence-corrected chi connectivity index (χ2v) is 5.93. The lowest BCUT2D eigenvalue weighted by Crippen LogP contribution is -2.13. The van der Waals surface area contributed by atoms with Crippen molar-refractivity contribution in [3.8, 4) is 0 Å². The number of phosphoric acid groups is 1. The fourth-order valence-electron chi connectivity index (χ4n) is 1.25. The molecule has 0 aliphatic rings. The van der Waals surface area contributed by atoms with Crippen molar-refractivity contribution in [3.63, 3.8) is 0 Å². The number of hydrogen-bond donors (Lipinski definition) is 0. The Balaban J connectivity index is 4.07. The van der Waals surface area contributed by atoms with Gasteiger partial charge < -0.3 is 14.2 Å². The summed E-state index contributed by atoms with van der Waals surface area (Å²) in [6.07, 6.45) is 0.0886. The predicted molar refractivity (Wildman–Crippen MR) is 79.5 cm³/mol. The molecule has 0 heterocycles. The molecule has 0 aromatic carbocycles. The zero-order valence-corrected chi connectivity index (χ0v) is 14.4. The van der Waals surface area contributed by atoms with Crippen LogP contribution in [-0.2, 0) is 32.3 Å². The molecule has 0 unspecified atom stereocenters. The van der Waals surface area contributed by atoms with Gasteiger partial charge in [0, 0.05) is 13.2 Å². The van der Waals surface area contributed by atoms with E-state index < -0.39 is 7.82 Å². The molecule has 0 aromatic heterocycles. The van der Waals surface area contributed by atoms with Gasteiger partial charge in [0.2, 0.25) is 0 Å². The second kappa shape index (κ2) is 13.6. The Labute approximate surface area is 127 Å². The van der Waals surface area contributed by atoms with Crippen LogP contribution < -0.4 is 0 Å². The van der Waals surface area contributed by atoms with E-state index in [-0.39, 0.29) is 25.9 Å². The van der Waals surface area contributed by atoms with Crippen LogP contribution in [0.1, 0.15) is 27.7 Å². The van der Waals surface area contributed by atoms with Crippen LogP contribution in [0.15, 0.2) is 0 Å². The van der Waals surface area contributed by atoms with E-state index in [2.05, 4.69) is 0 Å². The maximum atomic E-state index is 12.4. The first kappa shape index (κ1) is 21.0. The molecule has 128 valence electrons. The Hall–Kier alpha value is -0.0100. The van der Waals surface area contributed by atoms with Crippen LogP contribution in [0.5, 0.6) is 0 Å². The van der Waals surface area contributed by atoms with Gasteiger partial charge in [-0.05, 0) is 27.7 Å². The quantitative estimate of drug-likeness (QED) is 0.338. The lowest BCUT2D eigenvalue weighted by Gasteiger charge is -2.18. The third kappa shape index (κ3) is 13.4. The van der Waals surface area contributed by atoms with E-state index in [1.807, 2.05) is 27.7 Å². The average Bonchev–Trinajstić information content (AvgIpc) is 2.45. The first-order valence-electron chi connectivity index (χ1n) is 7.34. The number of hydrogen-bond acceptors (Lipinski definition) is 7. The van der Waals surface area contributed by atoms with Gasteiger partial charge in [0.1, 0.15) is 0 Å². The summed E-state index contributed by atoms with van der Waals surface area (Å²) in [7, 11) is -3.60. The van der Waals surface area contributed by atoms with Crippen LogP contribution in [0.2, 0.25) is 0 Å². The largest absolute Gasteiger partial charge is 0.475 e. The average molecular weight is 328 g/mol. The van der Waals surface area contributed by atoms with Gasteiger partial charge in [0.25, 0.3) is 0 Å². The smallest absolute Gasteiger partial charge is 0.379 e. The summed E-state index contributed by atoms with van der Waals surface area (Å²) in [6, 6.07) is 0. The van der Waals surface area contributed by atoms with E-state index in [4.69, 9.17) is 27.8 Å². The van der Waals surface area contributed by atoms with Gasteiger partial charge in [-0.15, -0.1) is 0 Å². The zero-order valence-electron chi connectivity index (χ0n) is 13.5. The van der Waals surface area contributed by atoms with Gasteiger partial charge >= 0.3 is 7.82 Å². The minimum atomic E-state index is -3.60. The predicted octanol–water partition coefficient (Wildman–Crippen LogP) is 2.64. The topological polar surface area (TPSA) is 72.5 Å². The summed E-state index contributed by atoms with van der Waals surface area (Å²) < 4.78 is 43.5. The molecule has 0 amide bonds. The molecule has 0 saturated carbocycles. The molecule has 0 fully saturated rings. The summed E-state index contributed by atoms with van der Waals surface area (Å²) >= 11 is 0. The van der Waals surface area contributed by atoms with Gasteiger partial charge in [-0.25, -0.2) is 4.57 Å². The summed E-state index contributed by atoms with van der Waals surface area (Å²) in [5.41, 5.74) is 0. The zero-order chi connectivity index (χ0) is 16.0. The molecule has 0 aliphatic heterocycles. The molecule has 0 rings (SSSR count). The van der Waals surface area contributed by atoms with Crippen LogP contribution in [-0.4, -0.2) is 59.0 Å². The SMILES string of the molecule is CCOCCOP(=O)(OCCOCC)OCCOC(C)C. The minimum absolute atomic E-state index is 0.0886. The lowest BCUT2D eigenvalue weighted by atomic mass is 10.5. The maximum absolute atomic E-state index is 12.4. The number of rotatable bonds is 15. The standard InChI is InChI=1S/C13H29O7P/c1-5-15-7-10-18-21(14,19-11-8-16-6-2)20-12-9-17-13(3)4/h13H,5-12H2,1-4H3. The Morgan fingerprint density at radius 3 is 1.57 bits per heavy atom. The van der Waals surface area contributed by atoms with Crippen LogP contribution in [0.25, 0.3) is 0 Å². The molecule has 0 aliphatic carbocycles. The van der Waals surface area contributed by atoms with Gasteiger partial charge in [-0.1, -0.05) is 0 Å². The lowest BCUT2D eigenvalue weighted by molar-refractivity contribution is 0.0234. The molecule has 0 saturated heterocycles. The van der Waals surface area contributed by atoms with E-state index in [1.54, 1.807) is 0 Å². The summed E-state index contributed by atoms with van der Waals surface area (Å²) in [5, 5.41) is 0. The highest BCUT2D eigenvalue weighted by atomic mass is 31.2. The first-order valence-corrected chi connectivity index (χ1v) is 8.80. The van der Waals surface area contributed by atoms with Crippen molar-refractivity contribution in [2.24, 2.45) is 0 Å². The molecular formula is C13H29O7P. The fraction of sp³-hybridized carbons (Fsp3) is 1.00. The molecule has 0 spiro atoms. The van der Waals surface area contributed by atoms with Crippen molar-refractivity contribution in [1.82, 2.24) is 0 Å². The Kier molecular flexibility index (Phi) is 13.6. The van der Waals surface area contributed by atoms with E-state index in [1.165, 1.54) is 0 Å². The minimum Gasteiger partial charge on any atom is -0.379 e. The van der Waals surface area contributed by atoms with E-state index in [0.29, 0.717) is 33.0 Å². The Morgan fingerprint density at radius 2 is 1.19 bits per heavy atom. The normalized spacial score (nSPS) is 12.2. The van der Waals surface area contributed by atoms with Gasteiger partial charge in [-0.2, -0.15) is 0 Å². The van der Waals surface area contributed by atoms with Crippen LogP contribution in [0.4, 0.5) is 0 Å². The number of ether oxygens (including phenoxy) is 3. The molecule has 0 aromatic rings. The van der Waals surface area contributed by atoms with Crippen molar-refractivity contribution < 1.29 is 32.3 Å². The van der Waals surface area contributed by atoms with Crippen LogP contribution >= 0.6 is 7.82 Å². The maximum Gasteiger partial charge on any atom is 0.475 e. The monoisotopic (exact) mass is 328 g/mol. The third-order valence-corrected chi connectivity index (χ3v) is 3.64. The second-order valence-electron chi connectivity index (χ2n) is 4.26. The first-order chi connectivity index (χ1) is 10.0. The summed E-state index contributed by atoms with van der Waals surface area (Å²) in [6.45, 7) is 10.1. The highest BCUT2D eigenvalue weighted by Crippen LogP contribution is 2.49. The highest BCUT2D eigenvalue weighted by molar-refractivity contribution is 7.48. The molecule has 0 bridgehead atoms. The van der Waals surface area contributed by atoms with Gasteiger partial charge in [-0.3, -0.25) is 13.6 Å². The van der Waals surface area contributed by atoms with Crippen molar-refractivity contribution in [2.45, 2.75) is 33.8 Å². The van der Waals surface area contributed by atoms with Crippen molar-refractivity contribution in [2.75, 3.05) is 52.9 Å². The third-order valence-electron chi connectivity index (χ3n) is 2.15. The summed E-state index contributed by atoms with van der Waals surface area (Å²) in [4.78, 5) is 0. The number of phosphoric ester groups is 1. The Morgan fingerprint density at radius 1 is 0.762 bits per heavy atom. The van der Waals surface area contributed by atoms with Crippen molar-refractivity contribution in [1.29, 1.82) is 0 Å². The van der Waals surface area contributed by atoms with Crippen molar-refractivity contribution >= 4 is 7.82 Å². The molecule has 7 nitrogen and oxygen atoms in total. The molecule has 0 radical (unpaired) electrons. The Bertz CT molecular complexity index is 257. The van der Waals surface area contributed by atoms with E-state index >= 15 is 0 Å². The fourth-order valence-corrected chi connectivity index (χ4v) is 2.37. The summed E-state index contributed by atoms with van der Waals surface area (Å²) in [5.74, 6) is 0. The molecule has 0 N–H and O–H groups in total. The molecule has 8 heteroatoms. The molecule has 21 heavy (non-hydrogen) atoms. The molecular weight excluding hydrogens is 299 g/mol. The highest BCUT2D eigenvalue weighted by Gasteiger charge is 2.26. The van der Waals surface area contributed by atoms with E-state index in [0.717, 1.165) is 0 Å².